The highest BCUT2D eigenvalue weighted by Gasteiger charge is 2.33. The molecule has 0 bridgehead atoms. The van der Waals surface area contributed by atoms with E-state index in [-0.39, 0.29) is 17.1 Å². The number of benzene rings is 1. The van der Waals surface area contributed by atoms with Crippen molar-refractivity contribution in [3.63, 3.8) is 0 Å². The van der Waals surface area contributed by atoms with Crippen LogP contribution in [0, 0.1) is 11.8 Å². The molecular weight excluding hydrogens is 358 g/mol. The second-order valence-electron chi connectivity index (χ2n) is 7.14. The first-order chi connectivity index (χ1) is 12.3. The average molecular weight is 381 g/mol. The molecule has 0 unspecified atom stereocenters. The maximum atomic E-state index is 12.8. The molecule has 2 aliphatic heterocycles. The van der Waals surface area contributed by atoms with Crippen LogP contribution in [0.2, 0.25) is 0 Å². The topological polar surface area (TPSA) is 90.0 Å². The number of piperidine rings is 1. The van der Waals surface area contributed by atoms with E-state index in [1.807, 2.05) is 13.8 Å². The zero-order valence-corrected chi connectivity index (χ0v) is 15.7. The van der Waals surface area contributed by atoms with Crippen LogP contribution in [0.25, 0.3) is 0 Å². The lowest BCUT2D eigenvalue weighted by Crippen LogP contribution is -2.42. The summed E-state index contributed by atoms with van der Waals surface area (Å²) in [5, 5.41) is 0. The largest absolute Gasteiger partial charge is 0.463 e. The van der Waals surface area contributed by atoms with Crippen LogP contribution in [-0.2, 0) is 24.3 Å². The maximum absolute atomic E-state index is 12.8. The first kappa shape index (κ1) is 18.8. The van der Waals surface area contributed by atoms with E-state index in [1.165, 1.54) is 28.6 Å². The quantitative estimate of drug-likeness (QED) is 0.739. The van der Waals surface area contributed by atoms with Gasteiger partial charge in [-0.25, -0.2) is 18.0 Å². The third kappa shape index (κ3) is 3.91. The Balaban J connectivity index is 1.72. The molecule has 0 radical (unpaired) electrons. The molecule has 0 aliphatic carbocycles. The first-order valence-corrected chi connectivity index (χ1v) is 10.2. The zero-order chi connectivity index (χ0) is 18.9. The van der Waals surface area contributed by atoms with E-state index in [0.29, 0.717) is 31.3 Å². The molecule has 7 nitrogen and oxygen atoms in total. The number of esters is 2. The summed E-state index contributed by atoms with van der Waals surface area (Å²) < 4.78 is 37.0. The Labute approximate surface area is 153 Å². The van der Waals surface area contributed by atoms with Gasteiger partial charge in [-0.1, -0.05) is 13.8 Å². The highest BCUT2D eigenvalue weighted by Crippen LogP contribution is 2.27. The number of hydrogen-bond donors (Lipinski definition) is 0. The normalized spacial score (nSPS) is 27.2. The Kier molecular flexibility index (Phi) is 5.34. The number of ether oxygens (including phenoxy) is 2. The molecule has 1 aromatic rings. The van der Waals surface area contributed by atoms with Crippen LogP contribution in [0.3, 0.4) is 0 Å². The number of rotatable bonds is 4. The predicted octanol–water partition coefficient (Wildman–Crippen LogP) is 1.83. The lowest BCUT2D eigenvalue weighted by molar-refractivity contribution is -0.145. The second kappa shape index (κ2) is 7.36. The highest BCUT2D eigenvalue weighted by atomic mass is 32.2. The van der Waals surface area contributed by atoms with Crippen molar-refractivity contribution in [3.05, 3.63) is 29.8 Å². The van der Waals surface area contributed by atoms with Gasteiger partial charge in [0, 0.05) is 19.5 Å². The minimum absolute atomic E-state index is 0.149. The van der Waals surface area contributed by atoms with Gasteiger partial charge in [-0.05, 0) is 42.5 Å². The Bertz CT molecular complexity index is 778. The third-order valence-corrected chi connectivity index (χ3v) is 6.55. The zero-order valence-electron chi connectivity index (χ0n) is 14.9. The number of carbonyl (C=O) groups is 2. The minimum atomic E-state index is -3.59. The van der Waals surface area contributed by atoms with Gasteiger partial charge in [-0.2, -0.15) is 4.31 Å². The lowest BCUT2D eigenvalue weighted by Gasteiger charge is -2.34. The predicted molar refractivity (Wildman–Crippen MR) is 92.9 cm³/mol. The number of sulfonamides is 1. The molecule has 0 saturated carbocycles. The summed E-state index contributed by atoms with van der Waals surface area (Å²) in [7, 11) is -3.59. The summed E-state index contributed by atoms with van der Waals surface area (Å²) in [5.74, 6) is -0.591. The van der Waals surface area contributed by atoms with Crippen molar-refractivity contribution in [1.82, 2.24) is 4.31 Å². The van der Waals surface area contributed by atoms with Gasteiger partial charge < -0.3 is 9.47 Å². The van der Waals surface area contributed by atoms with Crippen LogP contribution >= 0.6 is 0 Å². The molecular formula is C18H23NO6S. The van der Waals surface area contributed by atoms with Gasteiger partial charge in [0.2, 0.25) is 16.1 Å². The van der Waals surface area contributed by atoms with E-state index in [2.05, 4.69) is 0 Å². The van der Waals surface area contributed by atoms with Gasteiger partial charge in [-0.3, -0.25) is 0 Å². The molecule has 0 amide bonds. The standard InChI is InChI=1S/C18H23NO6S/c1-12-9-13(2)11-19(10-12)26(22,23)15-5-3-14(4-6-15)17(20)25-16-7-8-24-18(16)21/h3-6,12-13,16H,7-11H2,1-2H3/t12-,13-,16+/m1/s1. The molecule has 142 valence electrons. The molecule has 26 heavy (non-hydrogen) atoms. The number of carbonyl (C=O) groups excluding carboxylic acids is 2. The van der Waals surface area contributed by atoms with Crippen molar-refractivity contribution in [2.24, 2.45) is 11.8 Å². The molecule has 2 heterocycles. The molecule has 3 rings (SSSR count). The minimum Gasteiger partial charge on any atom is -0.463 e. The van der Waals surface area contributed by atoms with Crippen molar-refractivity contribution >= 4 is 22.0 Å². The van der Waals surface area contributed by atoms with Gasteiger partial charge in [-0.15, -0.1) is 0 Å². The van der Waals surface area contributed by atoms with Gasteiger partial charge >= 0.3 is 11.9 Å². The Hall–Kier alpha value is -1.93. The summed E-state index contributed by atoms with van der Waals surface area (Å²) in [5.41, 5.74) is 0.198. The number of hydrogen-bond acceptors (Lipinski definition) is 6. The summed E-state index contributed by atoms with van der Waals surface area (Å²) >= 11 is 0. The number of nitrogens with zero attached hydrogens (tertiary/aromatic N) is 1. The van der Waals surface area contributed by atoms with Crippen LogP contribution in [0.15, 0.2) is 29.2 Å². The van der Waals surface area contributed by atoms with E-state index in [1.54, 1.807) is 0 Å². The monoisotopic (exact) mass is 381 g/mol. The fraction of sp³-hybridized carbons (Fsp3) is 0.556. The van der Waals surface area contributed by atoms with Gasteiger partial charge in [0.1, 0.15) is 0 Å². The van der Waals surface area contributed by atoms with Gasteiger partial charge in [0.25, 0.3) is 0 Å². The molecule has 0 spiro atoms. The van der Waals surface area contributed by atoms with Crippen LogP contribution < -0.4 is 0 Å². The third-order valence-electron chi connectivity index (χ3n) is 4.70. The molecule has 2 fully saturated rings. The first-order valence-electron chi connectivity index (χ1n) is 8.75. The van der Waals surface area contributed by atoms with Gasteiger partial charge in [0.15, 0.2) is 0 Å². The molecule has 8 heteroatoms. The molecule has 1 aromatic carbocycles. The molecule has 2 aliphatic rings. The van der Waals surface area contributed by atoms with Crippen molar-refractivity contribution in [1.29, 1.82) is 0 Å². The smallest absolute Gasteiger partial charge is 0.347 e. The van der Waals surface area contributed by atoms with Crippen molar-refractivity contribution in [2.75, 3.05) is 19.7 Å². The van der Waals surface area contributed by atoms with E-state index in [0.717, 1.165) is 6.42 Å². The number of cyclic esters (lactones) is 1. The van der Waals surface area contributed by atoms with Crippen LogP contribution in [0.5, 0.6) is 0 Å². The van der Waals surface area contributed by atoms with Crippen LogP contribution in [0.4, 0.5) is 0 Å². The summed E-state index contributed by atoms with van der Waals surface area (Å²) in [6.45, 7) is 5.33. The summed E-state index contributed by atoms with van der Waals surface area (Å²) in [4.78, 5) is 23.6. The SMILES string of the molecule is C[C@@H]1C[C@@H](C)CN(S(=O)(=O)c2ccc(C(=O)O[C@H]3CCOC3=O)cc2)C1. The van der Waals surface area contributed by atoms with E-state index in [9.17, 15) is 18.0 Å². The molecule has 2 saturated heterocycles. The van der Waals surface area contributed by atoms with E-state index < -0.39 is 28.1 Å². The van der Waals surface area contributed by atoms with Crippen LogP contribution in [0.1, 0.15) is 37.0 Å². The van der Waals surface area contributed by atoms with Crippen molar-refractivity contribution < 1.29 is 27.5 Å². The van der Waals surface area contributed by atoms with Crippen molar-refractivity contribution in [2.45, 2.75) is 37.7 Å². The summed E-state index contributed by atoms with van der Waals surface area (Å²) in [6, 6.07) is 5.63. The summed E-state index contributed by atoms with van der Waals surface area (Å²) in [6.07, 6.45) is 0.463. The van der Waals surface area contributed by atoms with Gasteiger partial charge in [0.05, 0.1) is 17.1 Å². The molecule has 0 N–H and O–H groups in total. The fourth-order valence-electron chi connectivity index (χ4n) is 3.50. The Morgan fingerprint density at radius 2 is 1.77 bits per heavy atom. The Morgan fingerprint density at radius 3 is 2.31 bits per heavy atom. The average Bonchev–Trinajstić information content (AvgIpc) is 2.99. The fourth-order valence-corrected chi connectivity index (χ4v) is 5.18. The Morgan fingerprint density at radius 1 is 1.15 bits per heavy atom. The highest BCUT2D eigenvalue weighted by molar-refractivity contribution is 7.89. The lowest BCUT2D eigenvalue weighted by atomic mass is 9.94. The molecule has 3 atom stereocenters. The van der Waals surface area contributed by atoms with E-state index >= 15 is 0 Å². The van der Waals surface area contributed by atoms with Crippen molar-refractivity contribution in [3.8, 4) is 0 Å². The van der Waals surface area contributed by atoms with E-state index in [4.69, 9.17) is 9.47 Å². The second-order valence-corrected chi connectivity index (χ2v) is 9.08. The molecule has 0 aromatic heterocycles. The maximum Gasteiger partial charge on any atom is 0.347 e. The van der Waals surface area contributed by atoms with Crippen LogP contribution in [-0.4, -0.2) is 50.5 Å².